The van der Waals surface area contributed by atoms with Gasteiger partial charge in [0.2, 0.25) is 5.91 Å². The van der Waals surface area contributed by atoms with Gasteiger partial charge in [0.25, 0.3) is 5.91 Å². The highest BCUT2D eigenvalue weighted by Crippen LogP contribution is 2.21. The van der Waals surface area contributed by atoms with Crippen LogP contribution in [0.1, 0.15) is 23.5 Å². The largest absolute Gasteiger partial charge is 0.324 e. The first-order chi connectivity index (χ1) is 13.7. The molecule has 6 nitrogen and oxygen atoms in total. The van der Waals surface area contributed by atoms with E-state index in [0.717, 1.165) is 12.1 Å². The fourth-order valence-corrected chi connectivity index (χ4v) is 2.75. The van der Waals surface area contributed by atoms with Gasteiger partial charge in [0.1, 0.15) is 17.7 Å². The molecule has 3 aromatic rings. The van der Waals surface area contributed by atoms with Gasteiger partial charge in [-0.25, -0.2) is 8.78 Å². The molecule has 10 heteroatoms. The van der Waals surface area contributed by atoms with Crippen LogP contribution in [0.15, 0.2) is 48.7 Å². The van der Waals surface area contributed by atoms with Crippen LogP contribution in [-0.2, 0) is 4.79 Å². The van der Waals surface area contributed by atoms with Crippen molar-refractivity contribution in [3.63, 3.8) is 0 Å². The number of anilines is 2. The lowest BCUT2D eigenvalue weighted by molar-refractivity contribution is -0.119. The van der Waals surface area contributed by atoms with E-state index in [1.165, 1.54) is 41.2 Å². The lowest BCUT2D eigenvalue weighted by atomic mass is 10.2. The fourth-order valence-electron chi connectivity index (χ4n) is 2.38. The zero-order chi connectivity index (χ0) is 21.1. The molecule has 2 aromatic carbocycles. The molecule has 0 saturated heterocycles. The molecular weight excluding hydrogens is 425 g/mol. The molecule has 29 heavy (non-hydrogen) atoms. The number of benzene rings is 2. The molecule has 0 aliphatic heterocycles. The standard InChI is InChI=1S/C19H14Cl2F2N4O2/c1-10(18(28)24-11-2-4-15(22)13(20)8-11)27-7-6-17(26-27)19(29)25-12-3-5-16(23)14(21)9-12/h2-10H,1H3,(H,24,28)(H,25,29)/t10-/m0/s1. The fraction of sp³-hybridized carbons (Fsp3) is 0.105. The van der Waals surface area contributed by atoms with Gasteiger partial charge in [0, 0.05) is 17.6 Å². The summed E-state index contributed by atoms with van der Waals surface area (Å²) in [6.45, 7) is 1.58. The Hall–Kier alpha value is -2.97. The van der Waals surface area contributed by atoms with E-state index >= 15 is 0 Å². The molecule has 0 saturated carbocycles. The van der Waals surface area contributed by atoms with Crippen LogP contribution in [0.3, 0.4) is 0 Å². The van der Waals surface area contributed by atoms with Crippen molar-refractivity contribution in [2.45, 2.75) is 13.0 Å². The molecule has 2 N–H and O–H groups in total. The number of carbonyl (C=O) groups excluding carboxylic acids is 2. The van der Waals surface area contributed by atoms with Crippen LogP contribution in [0.2, 0.25) is 10.0 Å². The number of aromatic nitrogens is 2. The number of carbonyl (C=O) groups is 2. The Bertz CT molecular complexity index is 1090. The molecule has 0 fully saturated rings. The van der Waals surface area contributed by atoms with Crippen LogP contribution in [-0.4, -0.2) is 21.6 Å². The van der Waals surface area contributed by atoms with Crippen molar-refractivity contribution in [2.75, 3.05) is 10.6 Å². The predicted octanol–water partition coefficient (Wildman–Crippen LogP) is 4.92. The number of hydrogen-bond acceptors (Lipinski definition) is 3. The van der Waals surface area contributed by atoms with Gasteiger partial charge in [0.05, 0.1) is 10.0 Å². The average Bonchev–Trinajstić information content (AvgIpc) is 3.17. The van der Waals surface area contributed by atoms with Crippen LogP contribution in [0.25, 0.3) is 0 Å². The van der Waals surface area contributed by atoms with Crippen molar-refractivity contribution >= 4 is 46.4 Å². The van der Waals surface area contributed by atoms with Crippen molar-refractivity contribution < 1.29 is 18.4 Å². The summed E-state index contributed by atoms with van der Waals surface area (Å²) in [4.78, 5) is 24.7. The van der Waals surface area contributed by atoms with Gasteiger partial charge in [-0.3, -0.25) is 14.3 Å². The first-order valence-corrected chi connectivity index (χ1v) is 9.07. The zero-order valence-electron chi connectivity index (χ0n) is 14.9. The van der Waals surface area contributed by atoms with E-state index in [1.54, 1.807) is 6.92 Å². The van der Waals surface area contributed by atoms with Crippen LogP contribution < -0.4 is 10.6 Å². The van der Waals surface area contributed by atoms with Gasteiger partial charge in [-0.1, -0.05) is 23.2 Å². The molecular formula is C19H14Cl2F2N4O2. The van der Waals surface area contributed by atoms with E-state index in [9.17, 15) is 18.4 Å². The van der Waals surface area contributed by atoms with E-state index < -0.39 is 29.5 Å². The minimum Gasteiger partial charge on any atom is -0.324 e. The van der Waals surface area contributed by atoms with Gasteiger partial charge >= 0.3 is 0 Å². The highest BCUT2D eigenvalue weighted by molar-refractivity contribution is 6.31. The maximum absolute atomic E-state index is 13.2. The summed E-state index contributed by atoms with van der Waals surface area (Å²) in [5, 5.41) is 8.99. The maximum Gasteiger partial charge on any atom is 0.276 e. The minimum absolute atomic E-state index is 0.0509. The monoisotopic (exact) mass is 438 g/mol. The molecule has 0 bridgehead atoms. The number of nitrogens with zero attached hydrogens (tertiary/aromatic N) is 2. The SMILES string of the molecule is C[C@@H](C(=O)Nc1ccc(F)c(Cl)c1)n1ccc(C(=O)Nc2ccc(F)c(Cl)c2)n1. The summed E-state index contributed by atoms with van der Waals surface area (Å²) in [7, 11) is 0. The van der Waals surface area contributed by atoms with Gasteiger partial charge in [-0.05, 0) is 49.4 Å². The van der Waals surface area contributed by atoms with Gasteiger partial charge < -0.3 is 10.6 Å². The predicted molar refractivity (Wildman–Crippen MR) is 106 cm³/mol. The third kappa shape index (κ3) is 4.90. The number of halogens is 4. The molecule has 3 rings (SSSR count). The van der Waals surface area contributed by atoms with E-state index in [-0.39, 0.29) is 15.7 Å². The van der Waals surface area contributed by atoms with Gasteiger partial charge in [0.15, 0.2) is 5.69 Å². The van der Waals surface area contributed by atoms with Crippen molar-refractivity contribution in [2.24, 2.45) is 0 Å². The third-order valence-electron chi connectivity index (χ3n) is 3.98. The molecule has 1 atom stereocenters. The summed E-state index contributed by atoms with van der Waals surface area (Å²) in [5.74, 6) is -2.18. The summed E-state index contributed by atoms with van der Waals surface area (Å²) in [5.41, 5.74) is 0.677. The summed E-state index contributed by atoms with van der Waals surface area (Å²) >= 11 is 11.4. The number of nitrogens with one attached hydrogen (secondary N) is 2. The van der Waals surface area contributed by atoms with Gasteiger partial charge in [-0.15, -0.1) is 0 Å². The summed E-state index contributed by atoms with van der Waals surface area (Å²) in [6, 6.07) is 8.24. The molecule has 1 heterocycles. The Labute approximate surface area is 174 Å². The number of rotatable bonds is 5. The molecule has 0 spiro atoms. The maximum atomic E-state index is 13.2. The Morgan fingerprint density at radius 2 is 1.52 bits per heavy atom. The average molecular weight is 439 g/mol. The normalized spacial score (nSPS) is 11.8. The minimum atomic E-state index is -0.763. The smallest absolute Gasteiger partial charge is 0.276 e. The second-order valence-corrected chi connectivity index (χ2v) is 6.87. The summed E-state index contributed by atoms with van der Waals surface area (Å²) < 4.78 is 27.7. The molecule has 1 aromatic heterocycles. The van der Waals surface area contributed by atoms with Crippen LogP contribution >= 0.6 is 23.2 Å². The Kier molecular flexibility index (Phi) is 6.14. The lowest BCUT2D eigenvalue weighted by Crippen LogP contribution is -2.24. The Morgan fingerprint density at radius 3 is 2.07 bits per heavy atom. The van der Waals surface area contributed by atoms with Gasteiger partial charge in [-0.2, -0.15) is 5.10 Å². The van der Waals surface area contributed by atoms with E-state index in [2.05, 4.69) is 15.7 Å². The van der Waals surface area contributed by atoms with Crippen molar-refractivity contribution in [3.8, 4) is 0 Å². The zero-order valence-corrected chi connectivity index (χ0v) is 16.4. The van der Waals surface area contributed by atoms with Crippen molar-refractivity contribution in [1.29, 1.82) is 0 Å². The van der Waals surface area contributed by atoms with Crippen molar-refractivity contribution in [3.05, 3.63) is 76.0 Å². The lowest BCUT2D eigenvalue weighted by Gasteiger charge is -2.13. The first kappa shape index (κ1) is 20.8. The molecule has 2 amide bonds. The molecule has 150 valence electrons. The topological polar surface area (TPSA) is 76.0 Å². The Morgan fingerprint density at radius 1 is 0.966 bits per heavy atom. The molecule has 0 aliphatic rings. The third-order valence-corrected chi connectivity index (χ3v) is 4.56. The van der Waals surface area contributed by atoms with E-state index in [4.69, 9.17) is 23.2 Å². The molecule has 0 aliphatic carbocycles. The second-order valence-electron chi connectivity index (χ2n) is 6.06. The van der Waals surface area contributed by atoms with E-state index in [0.29, 0.717) is 11.4 Å². The second kappa shape index (κ2) is 8.59. The van der Waals surface area contributed by atoms with Crippen molar-refractivity contribution in [1.82, 2.24) is 9.78 Å². The summed E-state index contributed by atoms with van der Waals surface area (Å²) in [6.07, 6.45) is 1.47. The highest BCUT2D eigenvalue weighted by Gasteiger charge is 2.19. The van der Waals surface area contributed by atoms with Crippen LogP contribution in [0.4, 0.5) is 20.2 Å². The quantitative estimate of drug-likeness (QED) is 0.593. The van der Waals surface area contributed by atoms with Crippen LogP contribution in [0, 0.1) is 11.6 Å². The number of hydrogen-bond donors (Lipinski definition) is 2. The van der Waals surface area contributed by atoms with E-state index in [1.807, 2.05) is 0 Å². The number of amides is 2. The highest BCUT2D eigenvalue weighted by atomic mass is 35.5. The first-order valence-electron chi connectivity index (χ1n) is 8.32. The molecule has 0 radical (unpaired) electrons. The Balaban J connectivity index is 1.67. The van der Waals surface area contributed by atoms with Crippen LogP contribution in [0.5, 0.6) is 0 Å². The molecule has 0 unspecified atom stereocenters.